The third-order valence-electron chi connectivity index (χ3n) is 4.14. The van der Waals surface area contributed by atoms with Crippen molar-refractivity contribution in [2.24, 2.45) is 0 Å². The first-order chi connectivity index (χ1) is 13.8. The molecule has 1 amide bonds. The predicted octanol–water partition coefficient (Wildman–Crippen LogP) is 4.17. The summed E-state index contributed by atoms with van der Waals surface area (Å²) in [5.41, 5.74) is -0.186. The van der Waals surface area contributed by atoms with E-state index in [4.69, 9.17) is 9.26 Å². The number of ether oxygens (including phenoxy) is 1. The summed E-state index contributed by atoms with van der Waals surface area (Å²) in [6.45, 7) is 7.63. The molecule has 2 aromatic heterocycles. The lowest BCUT2D eigenvalue weighted by Gasteiger charge is -2.21. The molecule has 0 saturated heterocycles. The van der Waals surface area contributed by atoms with E-state index in [0.717, 1.165) is 6.42 Å². The van der Waals surface area contributed by atoms with Gasteiger partial charge >= 0.3 is 0 Å². The highest BCUT2D eigenvalue weighted by Crippen LogP contribution is 2.23. The molecule has 0 saturated carbocycles. The van der Waals surface area contributed by atoms with E-state index in [0.29, 0.717) is 39.5 Å². The molecule has 0 bridgehead atoms. The number of thiazole rings is 1. The van der Waals surface area contributed by atoms with Crippen LogP contribution < -0.4 is 10.1 Å². The second kappa shape index (κ2) is 8.69. The van der Waals surface area contributed by atoms with Crippen LogP contribution in [0.2, 0.25) is 0 Å². The molecule has 9 heteroatoms. The molecule has 0 aliphatic heterocycles. The molecule has 0 aliphatic rings. The van der Waals surface area contributed by atoms with E-state index in [-0.39, 0.29) is 18.3 Å². The Morgan fingerprint density at radius 3 is 2.69 bits per heavy atom. The molecule has 3 aromatic rings. The zero-order valence-corrected chi connectivity index (χ0v) is 17.6. The second-order valence-electron chi connectivity index (χ2n) is 7.11. The average Bonchev–Trinajstić information content (AvgIpc) is 3.28. The molecule has 1 aromatic carbocycles. The number of hydrogen-bond donors (Lipinski definition) is 1. The number of rotatable bonds is 8. The fourth-order valence-corrected chi connectivity index (χ4v) is 3.49. The molecule has 0 spiro atoms. The largest absolute Gasteiger partial charge is 0.486 e. The number of carbonyl (C=O) groups is 1. The van der Waals surface area contributed by atoms with Gasteiger partial charge in [0.1, 0.15) is 28.1 Å². The molecular weight excluding hydrogens is 395 g/mol. The molecule has 0 unspecified atom stereocenters. The van der Waals surface area contributed by atoms with Crippen molar-refractivity contribution >= 4 is 17.2 Å². The number of aryl methyl sites for hydroxylation is 2. The van der Waals surface area contributed by atoms with Crippen LogP contribution in [0.5, 0.6) is 5.75 Å². The van der Waals surface area contributed by atoms with Gasteiger partial charge in [-0.25, -0.2) is 9.37 Å². The Kier molecular flexibility index (Phi) is 6.26. The Balaban J connectivity index is 1.66. The van der Waals surface area contributed by atoms with Crippen molar-refractivity contribution in [3.63, 3.8) is 0 Å². The number of nitrogens with one attached hydrogen (secondary N) is 1. The van der Waals surface area contributed by atoms with Crippen molar-refractivity contribution in [3.8, 4) is 5.75 Å². The van der Waals surface area contributed by atoms with Gasteiger partial charge in [0.05, 0.1) is 11.2 Å². The van der Waals surface area contributed by atoms with Gasteiger partial charge in [0.25, 0.3) is 5.91 Å². The van der Waals surface area contributed by atoms with E-state index in [1.165, 1.54) is 23.5 Å². The molecule has 0 atom stereocenters. The Hall–Kier alpha value is -2.81. The molecule has 0 radical (unpaired) electrons. The van der Waals surface area contributed by atoms with E-state index >= 15 is 0 Å². The molecule has 3 rings (SSSR count). The van der Waals surface area contributed by atoms with Gasteiger partial charge in [0.2, 0.25) is 5.89 Å². The quantitative estimate of drug-likeness (QED) is 0.590. The molecule has 29 heavy (non-hydrogen) atoms. The van der Waals surface area contributed by atoms with Crippen LogP contribution in [-0.2, 0) is 18.6 Å². The fourth-order valence-electron chi connectivity index (χ4n) is 2.62. The molecule has 1 N–H and O–H groups in total. The van der Waals surface area contributed by atoms with Crippen molar-refractivity contribution in [3.05, 3.63) is 57.4 Å². The molecular formula is C20H23FN4O3S. The van der Waals surface area contributed by atoms with E-state index in [1.54, 1.807) is 19.1 Å². The first-order valence-electron chi connectivity index (χ1n) is 9.28. The summed E-state index contributed by atoms with van der Waals surface area (Å²) in [6.07, 6.45) is 1.60. The highest BCUT2D eigenvalue weighted by atomic mass is 32.1. The van der Waals surface area contributed by atoms with Gasteiger partial charge in [0.15, 0.2) is 5.82 Å². The summed E-state index contributed by atoms with van der Waals surface area (Å²) in [5, 5.41) is 7.59. The van der Waals surface area contributed by atoms with Crippen molar-refractivity contribution in [1.82, 2.24) is 20.4 Å². The summed E-state index contributed by atoms with van der Waals surface area (Å²) in [7, 11) is 0. The number of hydrogen-bond acceptors (Lipinski definition) is 7. The maximum absolute atomic E-state index is 13.0. The summed E-state index contributed by atoms with van der Waals surface area (Å²) in [6, 6.07) is 5.74. The minimum Gasteiger partial charge on any atom is -0.486 e. The van der Waals surface area contributed by atoms with Crippen LogP contribution in [0.4, 0.5) is 4.39 Å². The van der Waals surface area contributed by atoms with Crippen molar-refractivity contribution < 1.29 is 18.4 Å². The van der Waals surface area contributed by atoms with Crippen LogP contribution in [0.25, 0.3) is 0 Å². The van der Waals surface area contributed by atoms with Gasteiger partial charge in [0, 0.05) is 6.42 Å². The van der Waals surface area contributed by atoms with Crippen LogP contribution in [0.1, 0.15) is 59.3 Å². The summed E-state index contributed by atoms with van der Waals surface area (Å²) in [4.78, 5) is 22.1. The maximum atomic E-state index is 13.0. The van der Waals surface area contributed by atoms with Gasteiger partial charge in [-0.05, 0) is 51.5 Å². The third-order valence-corrected chi connectivity index (χ3v) is 5.27. The van der Waals surface area contributed by atoms with Crippen LogP contribution in [0.15, 0.2) is 28.8 Å². The zero-order chi connectivity index (χ0) is 21.0. The van der Waals surface area contributed by atoms with Gasteiger partial charge in [-0.2, -0.15) is 4.98 Å². The lowest BCUT2D eigenvalue weighted by atomic mass is 10.0. The highest BCUT2D eigenvalue weighted by Gasteiger charge is 2.30. The maximum Gasteiger partial charge on any atom is 0.264 e. The smallest absolute Gasteiger partial charge is 0.264 e. The number of benzene rings is 1. The van der Waals surface area contributed by atoms with E-state index in [1.807, 2.05) is 20.8 Å². The standard InChI is InChI=1S/C20H23FN4O3S/c1-5-6-15-23-19(25-28-15)20(3,4)24-18(26)17-12(2)22-16(29-17)11-27-14-9-7-13(21)8-10-14/h7-10H,5-6,11H2,1-4H3,(H,24,26). The van der Waals surface area contributed by atoms with E-state index < -0.39 is 5.54 Å². The lowest BCUT2D eigenvalue weighted by molar-refractivity contribution is 0.0911. The molecule has 7 nitrogen and oxygen atoms in total. The lowest BCUT2D eigenvalue weighted by Crippen LogP contribution is -2.41. The van der Waals surface area contributed by atoms with Crippen LogP contribution in [0, 0.1) is 12.7 Å². The zero-order valence-electron chi connectivity index (χ0n) is 16.8. The minimum atomic E-state index is -0.798. The third kappa shape index (κ3) is 5.17. The van der Waals surface area contributed by atoms with Crippen molar-refractivity contribution in [2.75, 3.05) is 0 Å². The fraction of sp³-hybridized carbons (Fsp3) is 0.400. The van der Waals surface area contributed by atoms with Crippen LogP contribution in [-0.4, -0.2) is 21.0 Å². The minimum absolute atomic E-state index is 0.193. The van der Waals surface area contributed by atoms with Crippen LogP contribution >= 0.6 is 11.3 Å². The Morgan fingerprint density at radius 1 is 1.28 bits per heavy atom. The topological polar surface area (TPSA) is 90.1 Å². The van der Waals surface area contributed by atoms with Gasteiger partial charge in [-0.15, -0.1) is 11.3 Å². The van der Waals surface area contributed by atoms with Crippen LogP contribution in [0.3, 0.4) is 0 Å². The van der Waals surface area contributed by atoms with Crippen molar-refractivity contribution in [2.45, 2.75) is 52.7 Å². The average molecular weight is 418 g/mol. The number of carbonyl (C=O) groups excluding carboxylic acids is 1. The first-order valence-corrected chi connectivity index (χ1v) is 10.1. The number of halogens is 1. The molecule has 0 aliphatic carbocycles. The molecule has 0 fully saturated rings. The van der Waals surface area contributed by atoms with E-state index in [2.05, 4.69) is 20.4 Å². The first kappa shape index (κ1) is 20.9. The summed E-state index contributed by atoms with van der Waals surface area (Å²) < 4.78 is 23.8. The number of aromatic nitrogens is 3. The normalized spacial score (nSPS) is 11.5. The Morgan fingerprint density at radius 2 is 2.00 bits per heavy atom. The van der Waals surface area contributed by atoms with Crippen molar-refractivity contribution in [1.29, 1.82) is 0 Å². The molecule has 154 valence electrons. The Bertz CT molecular complexity index is 982. The summed E-state index contributed by atoms with van der Waals surface area (Å²) in [5.74, 6) is 0.925. The molecule has 2 heterocycles. The van der Waals surface area contributed by atoms with Gasteiger partial charge in [-0.3, -0.25) is 4.79 Å². The van der Waals surface area contributed by atoms with E-state index in [9.17, 15) is 9.18 Å². The Labute approximate surface area is 172 Å². The predicted molar refractivity (Wildman–Crippen MR) is 106 cm³/mol. The van der Waals surface area contributed by atoms with Gasteiger partial charge in [-0.1, -0.05) is 12.1 Å². The number of nitrogens with zero attached hydrogens (tertiary/aromatic N) is 3. The van der Waals surface area contributed by atoms with Gasteiger partial charge < -0.3 is 14.6 Å². The highest BCUT2D eigenvalue weighted by molar-refractivity contribution is 7.13. The summed E-state index contributed by atoms with van der Waals surface area (Å²) >= 11 is 1.25. The SMILES string of the molecule is CCCc1nc(C(C)(C)NC(=O)c2sc(COc3ccc(F)cc3)nc2C)no1. The monoisotopic (exact) mass is 418 g/mol. The number of amides is 1. The second-order valence-corrected chi connectivity index (χ2v) is 8.19.